The van der Waals surface area contributed by atoms with Crippen molar-refractivity contribution in [2.45, 2.75) is 5.54 Å². The van der Waals surface area contributed by atoms with E-state index in [0.29, 0.717) is 0 Å². The first-order chi connectivity index (χ1) is 16.2. The standard InChI is InChI=1S/C24H18N4O6/c1-26-19-16(20(31)27(2)23(26)34)24(22(33)25-19)15(17(29)13-9-5-3-6-10-13)18(30)21(32)28(24)14-11-7-4-8-12-14/h3-12,29H,1-2H3,(H,25,33)/b17-15-. The van der Waals surface area contributed by atoms with Crippen LogP contribution < -0.4 is 21.5 Å². The number of Topliss-reactive ketones (excluding diaryl/α,β-unsaturated/α-hetero) is 1. The molecule has 2 aliphatic rings. The molecule has 2 aliphatic heterocycles. The van der Waals surface area contributed by atoms with Crippen LogP contribution in [0.25, 0.3) is 5.76 Å². The highest BCUT2D eigenvalue weighted by atomic mass is 16.3. The number of aliphatic hydroxyl groups is 1. The van der Waals surface area contributed by atoms with E-state index in [1.54, 1.807) is 36.4 Å². The summed E-state index contributed by atoms with van der Waals surface area (Å²) < 4.78 is 1.84. The van der Waals surface area contributed by atoms with Crippen LogP contribution in [0.15, 0.2) is 75.8 Å². The highest BCUT2D eigenvalue weighted by Crippen LogP contribution is 2.51. The molecule has 1 aromatic heterocycles. The van der Waals surface area contributed by atoms with Crippen LogP contribution in [0.5, 0.6) is 0 Å². The zero-order chi connectivity index (χ0) is 24.4. The summed E-state index contributed by atoms with van der Waals surface area (Å²) >= 11 is 0. The number of carbonyl (C=O) groups excluding carboxylic acids is 3. The molecular formula is C24H18N4O6. The van der Waals surface area contributed by atoms with Gasteiger partial charge in [-0.3, -0.25) is 33.2 Å². The molecule has 2 aromatic carbocycles. The molecule has 1 unspecified atom stereocenters. The second kappa shape index (κ2) is 7.14. The Kier molecular flexibility index (Phi) is 4.44. The summed E-state index contributed by atoms with van der Waals surface area (Å²) in [6.45, 7) is 0. The van der Waals surface area contributed by atoms with E-state index >= 15 is 0 Å². The Balaban J connectivity index is 2.00. The van der Waals surface area contributed by atoms with Crippen LogP contribution in [0, 0.1) is 0 Å². The van der Waals surface area contributed by atoms with E-state index in [2.05, 4.69) is 5.32 Å². The SMILES string of the molecule is Cn1c2c(c(=O)n(C)c1=O)C1(C(=O)N2)/C(=C(\O)c2ccccc2)C(=O)C(=O)N1c1ccccc1. The van der Waals surface area contributed by atoms with Crippen LogP contribution in [0.2, 0.25) is 0 Å². The van der Waals surface area contributed by atoms with Gasteiger partial charge in [0.1, 0.15) is 11.6 Å². The molecule has 1 spiro atoms. The van der Waals surface area contributed by atoms with E-state index < -0.39 is 45.7 Å². The number of ketones is 1. The molecular weight excluding hydrogens is 440 g/mol. The number of aliphatic hydroxyl groups excluding tert-OH is 1. The van der Waals surface area contributed by atoms with E-state index in [0.717, 1.165) is 14.0 Å². The lowest BCUT2D eigenvalue weighted by Gasteiger charge is -2.33. The van der Waals surface area contributed by atoms with Gasteiger partial charge in [-0.15, -0.1) is 0 Å². The Morgan fingerprint density at radius 1 is 0.853 bits per heavy atom. The number of hydrogen-bond acceptors (Lipinski definition) is 6. The first kappa shape index (κ1) is 21.1. The van der Waals surface area contributed by atoms with Crippen molar-refractivity contribution in [2.75, 3.05) is 10.2 Å². The minimum Gasteiger partial charge on any atom is -0.507 e. The van der Waals surface area contributed by atoms with Gasteiger partial charge in [-0.25, -0.2) is 4.79 Å². The van der Waals surface area contributed by atoms with Crippen LogP contribution in [0.1, 0.15) is 11.1 Å². The molecule has 10 nitrogen and oxygen atoms in total. The van der Waals surface area contributed by atoms with Crippen LogP contribution in [0.4, 0.5) is 11.5 Å². The first-order valence-electron chi connectivity index (χ1n) is 10.3. The summed E-state index contributed by atoms with van der Waals surface area (Å²) in [4.78, 5) is 67.4. The Morgan fingerprint density at radius 2 is 1.44 bits per heavy atom. The maximum Gasteiger partial charge on any atom is 0.332 e. The van der Waals surface area contributed by atoms with Gasteiger partial charge in [0.2, 0.25) is 0 Å². The van der Waals surface area contributed by atoms with E-state index in [1.807, 2.05) is 0 Å². The van der Waals surface area contributed by atoms with Crippen LogP contribution in [-0.4, -0.2) is 31.8 Å². The molecule has 3 aromatic rings. The van der Waals surface area contributed by atoms with Gasteiger partial charge in [-0.05, 0) is 12.1 Å². The Morgan fingerprint density at radius 3 is 2.06 bits per heavy atom. The van der Waals surface area contributed by atoms with Crippen molar-refractivity contribution in [2.24, 2.45) is 14.1 Å². The lowest BCUT2D eigenvalue weighted by molar-refractivity contribution is -0.132. The molecule has 10 heteroatoms. The van der Waals surface area contributed by atoms with E-state index in [1.165, 1.54) is 38.4 Å². The molecule has 0 aliphatic carbocycles. The maximum absolute atomic E-state index is 13.7. The number of fused-ring (bicyclic) bond motifs is 2. The number of carbonyl (C=O) groups is 3. The van der Waals surface area contributed by atoms with Crippen LogP contribution in [0.3, 0.4) is 0 Å². The van der Waals surface area contributed by atoms with Crippen molar-refractivity contribution in [3.05, 3.63) is 98.2 Å². The molecule has 1 fully saturated rings. The smallest absolute Gasteiger partial charge is 0.332 e. The minimum absolute atomic E-state index is 0.153. The fraction of sp³-hybridized carbons (Fsp3) is 0.125. The number of nitrogens with zero attached hydrogens (tertiary/aromatic N) is 3. The number of anilines is 2. The summed E-state index contributed by atoms with van der Waals surface area (Å²) in [5.41, 5.74) is -4.43. The van der Waals surface area contributed by atoms with Gasteiger partial charge >= 0.3 is 11.6 Å². The predicted octanol–water partition coefficient (Wildman–Crippen LogP) is 0.817. The molecule has 2 N–H and O–H groups in total. The van der Waals surface area contributed by atoms with Gasteiger partial charge in [0.15, 0.2) is 5.54 Å². The molecule has 3 heterocycles. The lowest BCUT2D eigenvalue weighted by atomic mass is 9.82. The van der Waals surface area contributed by atoms with Gasteiger partial charge in [-0.2, -0.15) is 0 Å². The van der Waals surface area contributed by atoms with Crippen molar-refractivity contribution >= 4 is 34.9 Å². The van der Waals surface area contributed by atoms with Gasteiger partial charge in [0, 0.05) is 25.3 Å². The van der Waals surface area contributed by atoms with Crippen molar-refractivity contribution in [3.63, 3.8) is 0 Å². The quantitative estimate of drug-likeness (QED) is 0.332. The van der Waals surface area contributed by atoms with Crippen LogP contribution in [-0.2, 0) is 34.0 Å². The Bertz CT molecular complexity index is 1550. The van der Waals surface area contributed by atoms with E-state index in [-0.39, 0.29) is 22.6 Å². The molecule has 2 amide bonds. The highest BCUT2D eigenvalue weighted by molar-refractivity contribution is 6.55. The van der Waals surface area contributed by atoms with Crippen molar-refractivity contribution in [1.82, 2.24) is 9.13 Å². The van der Waals surface area contributed by atoms with E-state index in [4.69, 9.17) is 0 Å². The van der Waals surface area contributed by atoms with Crippen LogP contribution >= 0.6 is 0 Å². The molecule has 0 radical (unpaired) electrons. The third kappa shape index (κ3) is 2.47. The number of rotatable bonds is 2. The zero-order valence-corrected chi connectivity index (χ0v) is 18.1. The molecule has 1 atom stereocenters. The molecule has 0 bridgehead atoms. The average Bonchev–Trinajstić information content (AvgIpc) is 3.27. The topological polar surface area (TPSA) is 131 Å². The monoisotopic (exact) mass is 458 g/mol. The summed E-state index contributed by atoms with van der Waals surface area (Å²) in [5, 5.41) is 13.8. The van der Waals surface area contributed by atoms with Crippen molar-refractivity contribution in [1.29, 1.82) is 0 Å². The number of para-hydroxylation sites is 1. The Labute approximate surface area is 192 Å². The Hall–Kier alpha value is -4.73. The fourth-order valence-corrected chi connectivity index (χ4v) is 4.62. The number of amides is 2. The first-order valence-corrected chi connectivity index (χ1v) is 10.3. The maximum atomic E-state index is 13.7. The second-order valence-electron chi connectivity index (χ2n) is 7.99. The highest BCUT2D eigenvalue weighted by Gasteiger charge is 2.68. The molecule has 170 valence electrons. The molecule has 5 rings (SSSR count). The molecule has 1 saturated heterocycles. The van der Waals surface area contributed by atoms with Gasteiger partial charge in [0.25, 0.3) is 17.2 Å². The summed E-state index contributed by atoms with van der Waals surface area (Å²) in [5.74, 6) is -3.91. The number of benzene rings is 2. The third-order valence-electron chi connectivity index (χ3n) is 6.21. The number of aromatic nitrogens is 2. The second-order valence-corrected chi connectivity index (χ2v) is 7.99. The molecule has 34 heavy (non-hydrogen) atoms. The third-order valence-corrected chi connectivity index (χ3v) is 6.21. The van der Waals surface area contributed by atoms with E-state index in [9.17, 15) is 29.1 Å². The van der Waals surface area contributed by atoms with Gasteiger partial charge < -0.3 is 10.4 Å². The van der Waals surface area contributed by atoms with Crippen molar-refractivity contribution in [3.8, 4) is 0 Å². The lowest BCUT2D eigenvalue weighted by Crippen LogP contribution is -2.53. The normalized spacial score (nSPS) is 20.6. The van der Waals surface area contributed by atoms with Gasteiger partial charge in [0.05, 0.1) is 11.1 Å². The fourth-order valence-electron chi connectivity index (χ4n) is 4.62. The predicted molar refractivity (Wildman–Crippen MR) is 122 cm³/mol. The minimum atomic E-state index is -2.33. The summed E-state index contributed by atoms with van der Waals surface area (Å²) in [6, 6.07) is 15.8. The zero-order valence-electron chi connectivity index (χ0n) is 18.1. The van der Waals surface area contributed by atoms with Crippen molar-refractivity contribution < 1.29 is 19.5 Å². The molecule has 0 saturated carbocycles. The number of hydrogen-bond donors (Lipinski definition) is 2. The summed E-state index contributed by atoms with van der Waals surface area (Å²) in [6.07, 6.45) is 0. The van der Waals surface area contributed by atoms with Gasteiger partial charge in [-0.1, -0.05) is 48.5 Å². The summed E-state index contributed by atoms with van der Waals surface area (Å²) in [7, 11) is 2.58. The largest absolute Gasteiger partial charge is 0.507 e. The number of nitrogens with one attached hydrogen (secondary N) is 1. The average molecular weight is 458 g/mol.